The predicted molar refractivity (Wildman–Crippen MR) is 78.5 cm³/mol. The lowest BCUT2D eigenvalue weighted by Crippen LogP contribution is -2.18. The third kappa shape index (κ3) is 2.80. The second kappa shape index (κ2) is 5.21. The van der Waals surface area contributed by atoms with Crippen LogP contribution in [0, 0.1) is 13.8 Å². The minimum Gasteiger partial charge on any atom is -0.508 e. The van der Waals surface area contributed by atoms with Gasteiger partial charge >= 0.3 is 0 Å². The van der Waals surface area contributed by atoms with Crippen molar-refractivity contribution in [1.29, 1.82) is 0 Å². The van der Waals surface area contributed by atoms with Gasteiger partial charge in [-0.15, -0.1) is 0 Å². The molecule has 0 amide bonds. The molecular formula is C16H19N3O. The molecule has 1 heterocycles. The third-order valence-corrected chi connectivity index (χ3v) is 3.67. The van der Waals surface area contributed by atoms with Gasteiger partial charge in [0.15, 0.2) is 5.82 Å². The first kappa shape index (κ1) is 13.1. The van der Waals surface area contributed by atoms with E-state index in [1.807, 2.05) is 19.9 Å². The van der Waals surface area contributed by atoms with Gasteiger partial charge in [-0.2, -0.15) is 0 Å². The molecule has 3 rings (SSSR count). The maximum atomic E-state index is 9.55. The Morgan fingerprint density at radius 3 is 2.50 bits per heavy atom. The molecule has 20 heavy (non-hydrogen) atoms. The number of aromatic hydroxyl groups is 1. The Balaban J connectivity index is 1.90. The topological polar surface area (TPSA) is 58.0 Å². The number of rotatable bonds is 4. The van der Waals surface area contributed by atoms with Crippen LogP contribution in [0.15, 0.2) is 24.3 Å². The highest BCUT2D eigenvalue weighted by Crippen LogP contribution is 2.23. The molecule has 4 nitrogen and oxygen atoms in total. The molecule has 0 radical (unpaired) electrons. The summed E-state index contributed by atoms with van der Waals surface area (Å²) in [6.45, 7) is 4.87. The maximum Gasteiger partial charge on any atom is 0.159 e. The van der Waals surface area contributed by atoms with E-state index in [0.29, 0.717) is 11.9 Å². The molecule has 0 unspecified atom stereocenters. The van der Waals surface area contributed by atoms with Gasteiger partial charge in [-0.05, 0) is 38.8 Å². The van der Waals surface area contributed by atoms with Gasteiger partial charge in [-0.3, -0.25) is 0 Å². The molecule has 2 N–H and O–H groups in total. The number of nitrogens with one attached hydrogen (secondary N) is 1. The zero-order valence-corrected chi connectivity index (χ0v) is 11.8. The Kier molecular flexibility index (Phi) is 3.40. The normalized spacial score (nSPS) is 14.5. The molecule has 1 aromatic carbocycles. The molecule has 1 saturated carbocycles. The van der Waals surface area contributed by atoms with E-state index in [4.69, 9.17) is 0 Å². The molecule has 0 spiro atoms. The Bertz CT molecular complexity index is 612. The highest BCUT2D eigenvalue weighted by Gasteiger charge is 2.21. The van der Waals surface area contributed by atoms with Crippen LogP contribution in [0.4, 0.5) is 0 Å². The van der Waals surface area contributed by atoms with E-state index in [0.717, 1.165) is 23.5 Å². The van der Waals surface area contributed by atoms with Crippen LogP contribution in [0.1, 0.15) is 29.8 Å². The third-order valence-electron chi connectivity index (χ3n) is 3.67. The Morgan fingerprint density at radius 2 is 1.90 bits per heavy atom. The number of phenolic OH excluding ortho intramolecular Hbond substituents is 1. The fourth-order valence-corrected chi connectivity index (χ4v) is 2.30. The summed E-state index contributed by atoms with van der Waals surface area (Å²) in [7, 11) is 0. The van der Waals surface area contributed by atoms with Gasteiger partial charge in [-0.25, -0.2) is 9.97 Å². The van der Waals surface area contributed by atoms with E-state index in [9.17, 15) is 5.11 Å². The number of phenols is 1. The summed E-state index contributed by atoms with van der Waals surface area (Å²) in [5, 5.41) is 13.1. The van der Waals surface area contributed by atoms with Crippen LogP contribution in [0.3, 0.4) is 0 Å². The van der Waals surface area contributed by atoms with Crippen molar-refractivity contribution in [2.24, 2.45) is 0 Å². The molecule has 4 heteroatoms. The van der Waals surface area contributed by atoms with Crippen LogP contribution >= 0.6 is 0 Å². The van der Waals surface area contributed by atoms with Crippen molar-refractivity contribution >= 4 is 0 Å². The monoisotopic (exact) mass is 269 g/mol. The van der Waals surface area contributed by atoms with E-state index in [1.165, 1.54) is 18.4 Å². The second-order valence-electron chi connectivity index (χ2n) is 5.40. The number of aromatic nitrogens is 2. The summed E-state index contributed by atoms with van der Waals surface area (Å²) in [6.07, 6.45) is 2.56. The summed E-state index contributed by atoms with van der Waals surface area (Å²) in [6, 6.07) is 7.74. The average molecular weight is 269 g/mol. The highest BCUT2D eigenvalue weighted by molar-refractivity contribution is 5.58. The van der Waals surface area contributed by atoms with E-state index >= 15 is 0 Å². The number of aryl methyl sites for hydroxylation is 2. The Morgan fingerprint density at radius 1 is 1.20 bits per heavy atom. The summed E-state index contributed by atoms with van der Waals surface area (Å²) in [5.41, 5.74) is 4.03. The van der Waals surface area contributed by atoms with Crippen LogP contribution < -0.4 is 5.32 Å². The largest absolute Gasteiger partial charge is 0.508 e. The standard InChI is InChI=1S/C16H19N3O/c1-10-15(9-17-13-6-7-13)11(2)19-16(18-10)12-4-3-5-14(20)8-12/h3-5,8,13,17,20H,6-7,9H2,1-2H3. The molecule has 2 aromatic rings. The molecule has 1 fully saturated rings. The maximum absolute atomic E-state index is 9.55. The minimum absolute atomic E-state index is 0.237. The average Bonchev–Trinajstić information content (AvgIpc) is 3.21. The van der Waals surface area contributed by atoms with Crippen molar-refractivity contribution in [3.05, 3.63) is 41.2 Å². The molecule has 1 aliphatic rings. The zero-order chi connectivity index (χ0) is 14.1. The molecule has 0 saturated heterocycles. The first-order valence-corrected chi connectivity index (χ1v) is 7.00. The lowest BCUT2D eigenvalue weighted by molar-refractivity contribution is 0.475. The van der Waals surface area contributed by atoms with Gasteiger partial charge in [0.25, 0.3) is 0 Å². The summed E-state index contributed by atoms with van der Waals surface area (Å²) in [5.74, 6) is 0.909. The van der Waals surface area contributed by atoms with Crippen molar-refractivity contribution in [1.82, 2.24) is 15.3 Å². The van der Waals surface area contributed by atoms with E-state index in [2.05, 4.69) is 15.3 Å². The summed E-state index contributed by atoms with van der Waals surface area (Å²) >= 11 is 0. The molecule has 0 bridgehead atoms. The first-order chi connectivity index (χ1) is 9.63. The lowest BCUT2D eigenvalue weighted by Gasteiger charge is -2.11. The van der Waals surface area contributed by atoms with Crippen molar-refractivity contribution in [2.45, 2.75) is 39.3 Å². The van der Waals surface area contributed by atoms with Gasteiger partial charge in [0.05, 0.1) is 0 Å². The van der Waals surface area contributed by atoms with Crippen molar-refractivity contribution in [2.75, 3.05) is 0 Å². The zero-order valence-electron chi connectivity index (χ0n) is 11.8. The van der Waals surface area contributed by atoms with Gasteiger partial charge in [0.1, 0.15) is 5.75 Å². The molecule has 104 valence electrons. The molecule has 1 aliphatic carbocycles. The summed E-state index contributed by atoms with van der Waals surface area (Å²) < 4.78 is 0. The quantitative estimate of drug-likeness (QED) is 0.896. The van der Waals surface area contributed by atoms with Crippen LogP contribution in [0.25, 0.3) is 11.4 Å². The molecular weight excluding hydrogens is 250 g/mol. The van der Waals surface area contributed by atoms with Crippen LogP contribution in [0.5, 0.6) is 5.75 Å². The summed E-state index contributed by atoms with van der Waals surface area (Å²) in [4.78, 5) is 9.16. The molecule has 0 aliphatic heterocycles. The van der Waals surface area contributed by atoms with E-state index in [1.54, 1.807) is 18.2 Å². The van der Waals surface area contributed by atoms with Gasteiger partial charge in [-0.1, -0.05) is 12.1 Å². The number of hydrogen-bond donors (Lipinski definition) is 2. The van der Waals surface area contributed by atoms with E-state index in [-0.39, 0.29) is 5.75 Å². The van der Waals surface area contributed by atoms with Crippen molar-refractivity contribution in [3.63, 3.8) is 0 Å². The van der Waals surface area contributed by atoms with Gasteiger partial charge in [0, 0.05) is 35.1 Å². The first-order valence-electron chi connectivity index (χ1n) is 7.00. The van der Waals surface area contributed by atoms with Crippen LogP contribution in [-0.4, -0.2) is 21.1 Å². The Hall–Kier alpha value is -1.94. The predicted octanol–water partition coefficient (Wildman–Crippen LogP) is 2.72. The fourth-order valence-electron chi connectivity index (χ4n) is 2.30. The SMILES string of the molecule is Cc1nc(-c2cccc(O)c2)nc(C)c1CNC1CC1. The van der Waals surface area contributed by atoms with Gasteiger partial charge < -0.3 is 10.4 Å². The second-order valence-corrected chi connectivity index (χ2v) is 5.40. The lowest BCUT2D eigenvalue weighted by atomic mass is 10.1. The number of benzene rings is 1. The molecule has 0 atom stereocenters. The van der Waals surface area contributed by atoms with Crippen molar-refractivity contribution < 1.29 is 5.11 Å². The Labute approximate surface area is 118 Å². The van der Waals surface area contributed by atoms with E-state index < -0.39 is 0 Å². The minimum atomic E-state index is 0.237. The van der Waals surface area contributed by atoms with Crippen LogP contribution in [-0.2, 0) is 6.54 Å². The fraction of sp³-hybridized carbons (Fsp3) is 0.375. The number of nitrogens with zero attached hydrogens (tertiary/aromatic N) is 2. The van der Waals surface area contributed by atoms with Crippen molar-refractivity contribution in [3.8, 4) is 17.1 Å². The number of hydrogen-bond acceptors (Lipinski definition) is 4. The smallest absolute Gasteiger partial charge is 0.159 e. The highest BCUT2D eigenvalue weighted by atomic mass is 16.3. The van der Waals surface area contributed by atoms with Gasteiger partial charge in [0.2, 0.25) is 0 Å². The molecule has 1 aromatic heterocycles. The van der Waals surface area contributed by atoms with Crippen LogP contribution in [0.2, 0.25) is 0 Å².